The Balaban J connectivity index is 1.95. The van der Waals surface area contributed by atoms with E-state index in [1.165, 1.54) is 23.3 Å². The Kier molecular flexibility index (Phi) is 5.65. The van der Waals surface area contributed by atoms with Crippen LogP contribution in [0.4, 0.5) is 11.4 Å². The van der Waals surface area contributed by atoms with Crippen molar-refractivity contribution in [1.29, 1.82) is 0 Å². The van der Waals surface area contributed by atoms with Crippen LogP contribution in [0.25, 0.3) is 0 Å². The van der Waals surface area contributed by atoms with Crippen molar-refractivity contribution in [2.45, 2.75) is 20.4 Å². The van der Waals surface area contributed by atoms with Gasteiger partial charge in [-0.1, -0.05) is 24.3 Å². The highest BCUT2D eigenvalue weighted by Gasteiger charge is 2.12. The summed E-state index contributed by atoms with van der Waals surface area (Å²) in [5, 5.41) is 13.5. The van der Waals surface area contributed by atoms with Crippen LogP contribution in [0.2, 0.25) is 0 Å². The maximum Gasteiger partial charge on any atom is 0.269 e. The molecule has 0 aliphatic heterocycles. The summed E-state index contributed by atoms with van der Waals surface area (Å²) >= 11 is 0. The maximum absolute atomic E-state index is 12.2. The molecule has 1 N–H and O–H groups in total. The number of nitrogens with one attached hydrogen (secondary N) is 1. The molecule has 2 rings (SSSR count). The van der Waals surface area contributed by atoms with Gasteiger partial charge >= 0.3 is 0 Å². The molecule has 126 valence electrons. The number of aryl methyl sites for hydroxylation is 2. The Hall–Kier alpha value is -2.73. The Labute approximate surface area is 141 Å². The lowest BCUT2D eigenvalue weighted by molar-refractivity contribution is -0.384. The first-order valence-corrected chi connectivity index (χ1v) is 7.65. The van der Waals surface area contributed by atoms with Gasteiger partial charge in [-0.3, -0.25) is 19.8 Å². The van der Waals surface area contributed by atoms with Gasteiger partial charge in [0.2, 0.25) is 5.91 Å². The molecule has 0 bridgehead atoms. The van der Waals surface area contributed by atoms with Crippen LogP contribution in [0.15, 0.2) is 42.5 Å². The maximum atomic E-state index is 12.2. The van der Waals surface area contributed by atoms with E-state index in [2.05, 4.69) is 5.32 Å². The second-order valence-electron chi connectivity index (χ2n) is 5.90. The molecule has 0 aliphatic rings. The molecule has 0 aliphatic carbocycles. The van der Waals surface area contributed by atoms with E-state index >= 15 is 0 Å². The second kappa shape index (κ2) is 7.70. The molecule has 0 aromatic heterocycles. The van der Waals surface area contributed by atoms with Gasteiger partial charge in [-0.05, 0) is 43.7 Å². The van der Waals surface area contributed by atoms with Crippen LogP contribution in [-0.4, -0.2) is 29.3 Å². The van der Waals surface area contributed by atoms with Crippen LogP contribution >= 0.6 is 0 Å². The van der Waals surface area contributed by atoms with E-state index in [0.29, 0.717) is 17.8 Å². The smallest absolute Gasteiger partial charge is 0.269 e. The summed E-state index contributed by atoms with van der Waals surface area (Å²) in [4.78, 5) is 24.4. The second-order valence-corrected chi connectivity index (χ2v) is 5.90. The predicted octanol–water partition coefficient (Wildman–Crippen LogP) is 3.28. The summed E-state index contributed by atoms with van der Waals surface area (Å²) in [5.74, 6) is -0.150. The van der Waals surface area contributed by atoms with Crippen LogP contribution in [0.1, 0.15) is 16.7 Å². The number of amides is 1. The summed E-state index contributed by atoms with van der Waals surface area (Å²) in [6.07, 6.45) is 0. The number of hydrogen-bond donors (Lipinski definition) is 1. The zero-order valence-corrected chi connectivity index (χ0v) is 14.1. The van der Waals surface area contributed by atoms with E-state index < -0.39 is 4.92 Å². The lowest BCUT2D eigenvalue weighted by atomic mass is 10.1. The van der Waals surface area contributed by atoms with Crippen LogP contribution in [-0.2, 0) is 11.3 Å². The summed E-state index contributed by atoms with van der Waals surface area (Å²) in [6.45, 7) is 4.70. The minimum atomic E-state index is -0.450. The number of nitro benzene ring substituents is 1. The molecule has 0 saturated heterocycles. The molecule has 6 nitrogen and oxygen atoms in total. The standard InChI is InChI=1S/C18H21N3O3/c1-13-6-4-5-7-15(13)11-20(3)12-18(22)19-17-9-8-16(21(23)24)10-14(17)2/h4-10H,11-12H2,1-3H3,(H,19,22). The number of benzene rings is 2. The number of non-ortho nitro benzene ring substituents is 1. The Morgan fingerprint density at radius 2 is 1.88 bits per heavy atom. The van der Waals surface area contributed by atoms with E-state index in [1.807, 2.05) is 43.1 Å². The number of nitro groups is 1. The molecule has 6 heteroatoms. The molecule has 2 aromatic rings. The molecule has 0 spiro atoms. The fraction of sp³-hybridized carbons (Fsp3) is 0.278. The minimum absolute atomic E-state index is 0.0159. The van der Waals surface area contributed by atoms with Gasteiger partial charge in [0, 0.05) is 24.4 Å². The van der Waals surface area contributed by atoms with Crippen LogP contribution < -0.4 is 5.32 Å². The summed E-state index contributed by atoms with van der Waals surface area (Å²) < 4.78 is 0. The molecular weight excluding hydrogens is 306 g/mol. The van der Waals surface area contributed by atoms with Gasteiger partial charge in [0.15, 0.2) is 0 Å². The molecule has 0 atom stereocenters. The van der Waals surface area contributed by atoms with Crippen molar-refractivity contribution in [2.75, 3.05) is 18.9 Å². The van der Waals surface area contributed by atoms with Gasteiger partial charge in [-0.25, -0.2) is 0 Å². The molecule has 0 fully saturated rings. The normalized spacial score (nSPS) is 10.7. The average molecular weight is 327 g/mol. The lowest BCUT2D eigenvalue weighted by Crippen LogP contribution is -2.30. The highest BCUT2D eigenvalue weighted by atomic mass is 16.6. The van der Waals surface area contributed by atoms with E-state index in [4.69, 9.17) is 0 Å². The first-order chi connectivity index (χ1) is 11.4. The third-order valence-corrected chi connectivity index (χ3v) is 3.81. The van der Waals surface area contributed by atoms with Crippen molar-refractivity contribution in [1.82, 2.24) is 4.90 Å². The third kappa shape index (κ3) is 4.63. The Morgan fingerprint density at radius 1 is 1.17 bits per heavy atom. The van der Waals surface area contributed by atoms with Crippen LogP contribution in [0.5, 0.6) is 0 Å². The molecule has 0 unspecified atom stereocenters. The quantitative estimate of drug-likeness (QED) is 0.652. The van der Waals surface area contributed by atoms with Gasteiger partial charge in [-0.2, -0.15) is 0 Å². The zero-order valence-electron chi connectivity index (χ0n) is 14.1. The topological polar surface area (TPSA) is 75.5 Å². The Morgan fingerprint density at radius 3 is 2.50 bits per heavy atom. The fourth-order valence-corrected chi connectivity index (χ4v) is 2.47. The Bertz CT molecular complexity index is 759. The van der Waals surface area contributed by atoms with Crippen molar-refractivity contribution in [3.05, 3.63) is 69.3 Å². The summed E-state index contributed by atoms with van der Waals surface area (Å²) in [5.41, 5.74) is 3.64. The highest BCUT2D eigenvalue weighted by Crippen LogP contribution is 2.21. The van der Waals surface area contributed by atoms with Crippen LogP contribution in [0.3, 0.4) is 0 Å². The van der Waals surface area contributed by atoms with Crippen LogP contribution in [0, 0.1) is 24.0 Å². The molecular formula is C18H21N3O3. The number of likely N-dealkylation sites (N-methyl/N-ethyl adjacent to an activating group) is 1. The van der Waals surface area contributed by atoms with E-state index in [0.717, 1.165) is 0 Å². The van der Waals surface area contributed by atoms with Gasteiger partial charge in [0.05, 0.1) is 11.5 Å². The van der Waals surface area contributed by atoms with Gasteiger partial charge < -0.3 is 5.32 Å². The van der Waals surface area contributed by atoms with Crippen molar-refractivity contribution < 1.29 is 9.72 Å². The first kappa shape index (κ1) is 17.6. The molecule has 0 saturated carbocycles. The molecule has 1 amide bonds. The number of hydrogen-bond acceptors (Lipinski definition) is 4. The third-order valence-electron chi connectivity index (χ3n) is 3.81. The van der Waals surface area contributed by atoms with Gasteiger partial charge in [0.1, 0.15) is 0 Å². The van der Waals surface area contributed by atoms with Crippen molar-refractivity contribution in [2.24, 2.45) is 0 Å². The highest BCUT2D eigenvalue weighted by molar-refractivity contribution is 5.93. The molecule has 2 aromatic carbocycles. The van der Waals surface area contributed by atoms with Crippen molar-refractivity contribution in [3.63, 3.8) is 0 Å². The molecule has 0 heterocycles. The largest absolute Gasteiger partial charge is 0.325 e. The van der Waals surface area contributed by atoms with Crippen molar-refractivity contribution >= 4 is 17.3 Å². The van der Waals surface area contributed by atoms with E-state index in [1.54, 1.807) is 13.0 Å². The van der Waals surface area contributed by atoms with Crippen molar-refractivity contribution in [3.8, 4) is 0 Å². The molecule has 0 radical (unpaired) electrons. The van der Waals surface area contributed by atoms with E-state index in [9.17, 15) is 14.9 Å². The van der Waals surface area contributed by atoms with E-state index in [-0.39, 0.29) is 18.1 Å². The van der Waals surface area contributed by atoms with Gasteiger partial charge in [0.25, 0.3) is 5.69 Å². The first-order valence-electron chi connectivity index (χ1n) is 7.65. The summed E-state index contributed by atoms with van der Waals surface area (Å²) in [6, 6.07) is 12.5. The minimum Gasteiger partial charge on any atom is -0.325 e. The monoisotopic (exact) mass is 327 g/mol. The zero-order chi connectivity index (χ0) is 17.7. The number of carbonyl (C=O) groups excluding carboxylic acids is 1. The number of rotatable bonds is 6. The average Bonchev–Trinajstić information content (AvgIpc) is 2.51. The number of nitrogens with zero attached hydrogens (tertiary/aromatic N) is 2. The number of carbonyl (C=O) groups is 1. The number of anilines is 1. The fourth-order valence-electron chi connectivity index (χ4n) is 2.47. The molecule has 24 heavy (non-hydrogen) atoms. The SMILES string of the molecule is Cc1ccccc1CN(C)CC(=O)Nc1ccc([N+](=O)[O-])cc1C. The van der Waals surface area contributed by atoms with Gasteiger partial charge in [-0.15, -0.1) is 0 Å². The predicted molar refractivity (Wildman–Crippen MR) is 94.0 cm³/mol. The summed E-state index contributed by atoms with van der Waals surface area (Å²) in [7, 11) is 1.88. The lowest BCUT2D eigenvalue weighted by Gasteiger charge is -2.18.